The lowest BCUT2D eigenvalue weighted by Gasteiger charge is -1.91. The van der Waals surface area contributed by atoms with Crippen molar-refractivity contribution in [1.82, 2.24) is 10.3 Å². The van der Waals surface area contributed by atoms with Crippen LogP contribution in [0, 0.1) is 0 Å². The number of furan rings is 1. The van der Waals surface area contributed by atoms with E-state index in [4.69, 9.17) is 4.42 Å². The second kappa shape index (κ2) is 6.16. The molecule has 0 aliphatic heterocycles. The maximum atomic E-state index is 11.4. The Hall–Kier alpha value is -2.41. The van der Waals surface area contributed by atoms with Gasteiger partial charge in [-0.15, -0.1) is 11.3 Å². The van der Waals surface area contributed by atoms with E-state index in [0.29, 0.717) is 15.6 Å². The van der Waals surface area contributed by atoms with Gasteiger partial charge in [-0.05, 0) is 24.3 Å². The number of amides is 1. The Balaban J connectivity index is 2.09. The lowest BCUT2D eigenvalue weighted by molar-refractivity contribution is 0.0564. The van der Waals surface area contributed by atoms with Crippen molar-refractivity contribution in [2.24, 2.45) is 0 Å². The summed E-state index contributed by atoms with van der Waals surface area (Å²) in [6.45, 7) is 0. The summed E-state index contributed by atoms with van der Waals surface area (Å²) in [5.41, 5.74) is 0. The zero-order valence-corrected chi connectivity index (χ0v) is 11.7. The lowest BCUT2D eigenvalue weighted by atomic mass is 10.4. The number of nitrogens with one attached hydrogen (secondary N) is 1. The van der Waals surface area contributed by atoms with Gasteiger partial charge in [-0.25, -0.2) is 9.78 Å². The molecular weight excluding hydrogens is 280 g/mol. The van der Waals surface area contributed by atoms with Crippen LogP contribution in [0.3, 0.4) is 0 Å². The first-order chi connectivity index (χ1) is 9.63. The average molecular weight is 292 g/mol. The second-order valence-electron chi connectivity index (χ2n) is 3.67. The van der Waals surface area contributed by atoms with E-state index in [0.717, 1.165) is 0 Å². The summed E-state index contributed by atoms with van der Waals surface area (Å²) in [7, 11) is 2.85. The minimum atomic E-state index is -0.527. The summed E-state index contributed by atoms with van der Waals surface area (Å²) in [5, 5.41) is 3.19. The third-order valence-corrected chi connectivity index (χ3v) is 3.34. The van der Waals surface area contributed by atoms with Crippen molar-refractivity contribution in [3.05, 3.63) is 39.7 Å². The number of nitrogens with zero attached hydrogens (tertiary/aromatic N) is 1. The quantitative estimate of drug-likeness (QED) is 0.872. The molecule has 0 saturated heterocycles. The van der Waals surface area contributed by atoms with Gasteiger partial charge in [0.25, 0.3) is 5.91 Å². The lowest BCUT2D eigenvalue weighted by Crippen LogP contribution is -2.16. The summed E-state index contributed by atoms with van der Waals surface area (Å²) >= 11 is 1.26. The molecule has 0 aliphatic rings. The highest BCUT2D eigenvalue weighted by molar-refractivity contribution is 7.14. The normalized spacial score (nSPS) is 10.7. The third kappa shape index (κ3) is 3.12. The first-order valence-electron chi connectivity index (χ1n) is 5.68. The minimum Gasteiger partial charge on any atom is -0.463 e. The summed E-state index contributed by atoms with van der Waals surface area (Å²) in [6.07, 6.45) is 4.88. The van der Waals surface area contributed by atoms with Gasteiger partial charge < -0.3 is 14.5 Å². The molecule has 0 saturated carbocycles. The Morgan fingerprint density at radius 1 is 1.40 bits per heavy atom. The van der Waals surface area contributed by atoms with Gasteiger partial charge >= 0.3 is 5.97 Å². The highest BCUT2D eigenvalue weighted by atomic mass is 32.1. The number of carbonyl (C=O) groups is 2. The van der Waals surface area contributed by atoms with E-state index in [9.17, 15) is 9.59 Å². The maximum Gasteiger partial charge on any atom is 0.373 e. The predicted octanol–water partition coefficient (Wildman–Crippen LogP) is 2.05. The van der Waals surface area contributed by atoms with E-state index in [-0.39, 0.29) is 11.7 Å². The zero-order valence-electron chi connectivity index (χ0n) is 10.9. The third-order valence-electron chi connectivity index (χ3n) is 2.38. The Kier molecular flexibility index (Phi) is 4.31. The van der Waals surface area contributed by atoms with Crippen LogP contribution in [0.15, 0.2) is 22.7 Å². The number of hydrogen-bond acceptors (Lipinski definition) is 6. The molecule has 104 valence electrons. The first-order valence-corrected chi connectivity index (χ1v) is 6.50. The SMILES string of the molecule is CNC(=O)c1cnc(/C=C/c2ccc(C(=O)OC)o2)s1. The highest BCUT2D eigenvalue weighted by Crippen LogP contribution is 2.17. The Labute approximate surface area is 119 Å². The number of methoxy groups -OCH3 is 1. The predicted molar refractivity (Wildman–Crippen MR) is 74.5 cm³/mol. The van der Waals surface area contributed by atoms with Crippen LogP contribution in [0.1, 0.15) is 31.0 Å². The monoisotopic (exact) mass is 292 g/mol. The topological polar surface area (TPSA) is 81.4 Å². The molecule has 2 aromatic rings. The van der Waals surface area contributed by atoms with Crippen LogP contribution >= 0.6 is 11.3 Å². The van der Waals surface area contributed by atoms with E-state index in [2.05, 4.69) is 15.0 Å². The number of carbonyl (C=O) groups excluding carboxylic acids is 2. The Morgan fingerprint density at radius 2 is 2.20 bits per heavy atom. The number of ether oxygens (including phenoxy) is 1. The van der Waals surface area contributed by atoms with Crippen molar-refractivity contribution in [2.75, 3.05) is 14.2 Å². The summed E-state index contributed by atoms with van der Waals surface area (Å²) < 4.78 is 9.81. The van der Waals surface area contributed by atoms with Crippen molar-refractivity contribution < 1.29 is 18.7 Å². The van der Waals surface area contributed by atoms with Gasteiger partial charge in [0.05, 0.1) is 13.3 Å². The van der Waals surface area contributed by atoms with Crippen LogP contribution in [0.25, 0.3) is 12.2 Å². The molecule has 0 unspecified atom stereocenters. The Morgan fingerprint density at radius 3 is 2.90 bits per heavy atom. The molecule has 1 N–H and O–H groups in total. The summed E-state index contributed by atoms with van der Waals surface area (Å²) in [4.78, 5) is 27.2. The van der Waals surface area contributed by atoms with Crippen molar-refractivity contribution in [2.45, 2.75) is 0 Å². The molecule has 7 heteroatoms. The molecule has 20 heavy (non-hydrogen) atoms. The molecule has 0 aliphatic carbocycles. The van der Waals surface area contributed by atoms with E-state index >= 15 is 0 Å². The van der Waals surface area contributed by atoms with Crippen molar-refractivity contribution in [1.29, 1.82) is 0 Å². The van der Waals surface area contributed by atoms with E-state index in [1.165, 1.54) is 30.7 Å². The molecule has 2 aromatic heterocycles. The molecule has 0 radical (unpaired) electrons. The van der Waals surface area contributed by atoms with Crippen LogP contribution in [0.2, 0.25) is 0 Å². The molecule has 2 rings (SSSR count). The fourth-order valence-electron chi connectivity index (χ4n) is 1.40. The van der Waals surface area contributed by atoms with Gasteiger partial charge in [0.15, 0.2) is 0 Å². The van der Waals surface area contributed by atoms with E-state index in [1.807, 2.05) is 0 Å². The van der Waals surface area contributed by atoms with Gasteiger partial charge in [-0.1, -0.05) is 0 Å². The van der Waals surface area contributed by atoms with Crippen molar-refractivity contribution in [3.63, 3.8) is 0 Å². The zero-order chi connectivity index (χ0) is 14.5. The molecule has 0 spiro atoms. The molecule has 1 amide bonds. The minimum absolute atomic E-state index is 0.136. The number of esters is 1. The molecule has 0 aromatic carbocycles. The molecule has 2 heterocycles. The van der Waals surface area contributed by atoms with Gasteiger partial charge in [-0.3, -0.25) is 4.79 Å². The van der Waals surface area contributed by atoms with Crippen LogP contribution in [0.4, 0.5) is 0 Å². The highest BCUT2D eigenvalue weighted by Gasteiger charge is 2.10. The van der Waals surface area contributed by atoms with Gasteiger partial charge in [0, 0.05) is 7.05 Å². The molecule has 0 bridgehead atoms. The molecule has 0 fully saturated rings. The molecular formula is C13H12N2O4S. The fourth-order valence-corrected chi connectivity index (χ4v) is 2.17. The second-order valence-corrected chi connectivity index (χ2v) is 4.73. The van der Waals surface area contributed by atoms with Gasteiger partial charge in [-0.2, -0.15) is 0 Å². The number of hydrogen-bond donors (Lipinski definition) is 1. The van der Waals surface area contributed by atoms with Crippen molar-refractivity contribution in [3.8, 4) is 0 Å². The fraction of sp³-hybridized carbons (Fsp3) is 0.154. The van der Waals surface area contributed by atoms with E-state index < -0.39 is 5.97 Å². The molecule has 6 nitrogen and oxygen atoms in total. The largest absolute Gasteiger partial charge is 0.463 e. The standard InChI is InChI=1S/C13H12N2O4S/c1-14-12(16)10-7-15-11(20-10)6-4-8-3-5-9(19-8)13(17)18-2/h3-7H,1-2H3,(H,14,16)/b6-4+. The van der Waals surface area contributed by atoms with Gasteiger partial charge in [0.2, 0.25) is 5.76 Å². The van der Waals surface area contributed by atoms with Crippen molar-refractivity contribution >= 4 is 35.4 Å². The summed E-state index contributed by atoms with van der Waals surface area (Å²) in [5.74, 6) is -0.0617. The van der Waals surface area contributed by atoms with Crippen LogP contribution in [-0.4, -0.2) is 31.0 Å². The van der Waals surface area contributed by atoms with Crippen LogP contribution < -0.4 is 5.32 Å². The maximum absolute atomic E-state index is 11.4. The number of thiazole rings is 1. The smallest absolute Gasteiger partial charge is 0.373 e. The Bertz CT molecular complexity index is 601. The van der Waals surface area contributed by atoms with Crippen LogP contribution in [0.5, 0.6) is 0 Å². The van der Waals surface area contributed by atoms with Gasteiger partial charge in [0.1, 0.15) is 15.6 Å². The average Bonchev–Trinajstić information content (AvgIpc) is 3.12. The summed E-state index contributed by atoms with van der Waals surface area (Å²) in [6, 6.07) is 3.18. The molecule has 0 atom stereocenters. The number of rotatable bonds is 4. The first kappa shape index (κ1) is 14.0. The van der Waals surface area contributed by atoms with E-state index in [1.54, 1.807) is 25.3 Å². The number of aromatic nitrogens is 1. The van der Waals surface area contributed by atoms with Crippen LogP contribution in [-0.2, 0) is 4.74 Å².